The largest absolute Gasteiger partial charge is 0.497 e. The second-order valence-corrected chi connectivity index (χ2v) is 6.27. The Morgan fingerprint density at radius 1 is 1.14 bits per heavy atom. The molecule has 1 aromatic carbocycles. The lowest BCUT2D eigenvalue weighted by molar-refractivity contribution is 0.324. The Balaban J connectivity index is 2.36. The molecule has 0 aliphatic carbocycles. The van der Waals surface area contributed by atoms with Gasteiger partial charge >= 0.3 is 0 Å². The standard InChI is InChI=1S/C14H13B5N2O/c1-21-5-13(16,17)11-7-3-8(15)10(22-2)4-9(7)20-12(11)14(18,19)6-21/h3-4,20H,5-6H2,1-2H3. The van der Waals surface area contributed by atoms with Gasteiger partial charge in [-0.05, 0) is 30.9 Å². The summed E-state index contributed by atoms with van der Waals surface area (Å²) in [7, 11) is 34.8. The van der Waals surface area contributed by atoms with Gasteiger partial charge in [0.1, 0.15) is 13.6 Å². The van der Waals surface area contributed by atoms with Gasteiger partial charge in [0.2, 0.25) is 0 Å². The molecule has 22 heavy (non-hydrogen) atoms. The molecular weight excluding hydrogens is 266 g/mol. The van der Waals surface area contributed by atoms with Gasteiger partial charge in [0, 0.05) is 22.7 Å². The average molecular weight is 279 g/mol. The van der Waals surface area contributed by atoms with E-state index < -0.39 is 10.4 Å². The number of rotatable bonds is 1. The Morgan fingerprint density at radius 3 is 2.41 bits per heavy atom. The smallest absolute Gasteiger partial charge is 0.119 e. The van der Waals surface area contributed by atoms with Crippen molar-refractivity contribution in [2.45, 2.75) is 10.4 Å². The molecule has 0 saturated heterocycles. The van der Waals surface area contributed by atoms with Gasteiger partial charge in [-0.25, -0.2) is 0 Å². The molecule has 0 bridgehead atoms. The van der Waals surface area contributed by atoms with Crippen LogP contribution < -0.4 is 10.2 Å². The summed E-state index contributed by atoms with van der Waals surface area (Å²) in [6, 6.07) is 3.59. The van der Waals surface area contributed by atoms with Gasteiger partial charge in [-0.1, -0.05) is 16.7 Å². The van der Waals surface area contributed by atoms with E-state index in [-0.39, 0.29) is 0 Å². The van der Waals surface area contributed by atoms with Crippen LogP contribution in [0.1, 0.15) is 11.3 Å². The molecule has 0 atom stereocenters. The van der Waals surface area contributed by atoms with Gasteiger partial charge in [0.25, 0.3) is 0 Å². The first-order chi connectivity index (χ1) is 10.2. The minimum absolute atomic E-state index is 0.426. The molecule has 2 heterocycles. The predicted molar refractivity (Wildman–Crippen MR) is 94.1 cm³/mol. The number of H-pyrrole nitrogens is 1. The molecule has 1 N–H and O–H groups in total. The van der Waals surface area contributed by atoms with Crippen LogP contribution in [-0.4, -0.2) is 76.4 Å². The molecule has 0 saturated carbocycles. The van der Waals surface area contributed by atoms with Crippen LogP contribution in [0, 0.1) is 0 Å². The average Bonchev–Trinajstić information content (AvgIpc) is 2.72. The normalized spacial score (nSPS) is 20.5. The zero-order valence-electron chi connectivity index (χ0n) is 12.8. The maximum absolute atomic E-state index is 6.37. The minimum Gasteiger partial charge on any atom is -0.497 e. The van der Waals surface area contributed by atoms with Crippen molar-refractivity contribution in [3.63, 3.8) is 0 Å². The van der Waals surface area contributed by atoms with E-state index in [1.807, 2.05) is 11.9 Å². The molecular formula is C14H13B5N2O. The maximum atomic E-state index is 6.37. The van der Waals surface area contributed by atoms with Gasteiger partial charge in [0.05, 0.1) is 38.5 Å². The topological polar surface area (TPSA) is 28.3 Å². The summed E-state index contributed by atoms with van der Waals surface area (Å²) in [4.78, 5) is 5.18. The number of nitrogens with one attached hydrogen (secondary N) is 1. The number of aromatic amines is 1. The molecule has 100 valence electrons. The monoisotopic (exact) mass is 280 g/mol. The molecule has 10 radical (unpaired) electrons. The molecule has 1 aliphatic rings. The summed E-state index contributed by atoms with van der Waals surface area (Å²) in [6.45, 7) is 0.852. The zero-order chi connectivity index (χ0) is 16.3. The third-order valence-corrected chi connectivity index (χ3v) is 4.14. The van der Waals surface area contributed by atoms with Gasteiger partial charge < -0.3 is 14.6 Å². The first-order valence-electron chi connectivity index (χ1n) is 7.00. The van der Waals surface area contributed by atoms with Crippen molar-refractivity contribution in [2.75, 3.05) is 27.2 Å². The van der Waals surface area contributed by atoms with Crippen molar-refractivity contribution in [1.82, 2.24) is 9.88 Å². The Hall–Kier alpha value is -1.16. The molecule has 2 aromatic rings. The van der Waals surface area contributed by atoms with Crippen molar-refractivity contribution in [3.05, 3.63) is 23.4 Å². The Morgan fingerprint density at radius 2 is 1.77 bits per heavy atom. The Bertz CT molecular complexity index is 740. The summed E-state index contributed by atoms with van der Waals surface area (Å²) in [5.74, 6) is 0.570. The second kappa shape index (κ2) is 4.92. The van der Waals surface area contributed by atoms with Crippen LogP contribution >= 0.6 is 0 Å². The van der Waals surface area contributed by atoms with E-state index in [1.54, 1.807) is 19.2 Å². The van der Waals surface area contributed by atoms with Crippen LogP contribution in [0.5, 0.6) is 5.75 Å². The highest BCUT2D eigenvalue weighted by Crippen LogP contribution is 2.38. The summed E-state index contributed by atoms with van der Waals surface area (Å²) < 4.78 is 5.25. The fourth-order valence-corrected chi connectivity index (χ4v) is 3.36. The third-order valence-electron chi connectivity index (χ3n) is 4.14. The lowest BCUT2D eigenvalue weighted by atomic mass is 9.47. The number of likely N-dealkylation sites (N-methyl/N-ethyl adjacent to an activating group) is 1. The predicted octanol–water partition coefficient (Wildman–Crippen LogP) is -1.10. The molecule has 8 heteroatoms. The van der Waals surface area contributed by atoms with Crippen molar-refractivity contribution in [2.24, 2.45) is 0 Å². The van der Waals surface area contributed by atoms with Gasteiger partial charge in [0.15, 0.2) is 0 Å². The molecule has 0 spiro atoms. The highest BCUT2D eigenvalue weighted by molar-refractivity contribution is 6.44. The van der Waals surface area contributed by atoms with E-state index in [0.29, 0.717) is 35.6 Å². The Kier molecular flexibility index (Phi) is 3.52. The zero-order valence-corrected chi connectivity index (χ0v) is 12.8. The lowest BCUT2D eigenvalue weighted by Crippen LogP contribution is -2.42. The second-order valence-electron chi connectivity index (χ2n) is 6.27. The summed E-state index contributed by atoms with van der Waals surface area (Å²) in [6.07, 6.45) is 0. The highest BCUT2D eigenvalue weighted by atomic mass is 16.5. The van der Waals surface area contributed by atoms with E-state index in [4.69, 9.17) is 44.0 Å². The summed E-state index contributed by atoms with van der Waals surface area (Å²) >= 11 is 0. The number of aromatic nitrogens is 1. The van der Waals surface area contributed by atoms with Gasteiger partial charge in [-0.2, -0.15) is 0 Å². The quantitative estimate of drug-likeness (QED) is 0.671. The van der Waals surface area contributed by atoms with Gasteiger partial charge in [-0.15, -0.1) is 0 Å². The lowest BCUT2D eigenvalue weighted by Gasteiger charge is -2.29. The molecule has 1 aromatic heterocycles. The fraction of sp³-hybridized carbons (Fsp3) is 0.429. The molecule has 3 nitrogen and oxygen atoms in total. The Labute approximate surface area is 137 Å². The van der Waals surface area contributed by atoms with Crippen LogP contribution in [0.3, 0.4) is 0 Å². The first-order valence-corrected chi connectivity index (χ1v) is 7.00. The van der Waals surface area contributed by atoms with Crippen molar-refractivity contribution < 1.29 is 4.74 Å². The summed E-state index contributed by atoms with van der Waals surface area (Å²) in [5, 5.41) is -1.37. The van der Waals surface area contributed by atoms with Crippen molar-refractivity contribution in [1.29, 1.82) is 0 Å². The number of methoxy groups -OCH3 is 1. The van der Waals surface area contributed by atoms with E-state index in [9.17, 15) is 0 Å². The maximum Gasteiger partial charge on any atom is 0.119 e. The van der Waals surface area contributed by atoms with Crippen LogP contribution in [0.15, 0.2) is 12.1 Å². The van der Waals surface area contributed by atoms with Crippen molar-refractivity contribution >= 4 is 55.6 Å². The number of nitrogens with zero attached hydrogens (tertiary/aromatic N) is 1. The van der Waals surface area contributed by atoms with E-state index >= 15 is 0 Å². The SMILES string of the molecule is [B]c1cc2c3c([nH]c2cc1OC)C([B])([B])CN(C)CC3([B])[B]. The molecule has 0 amide bonds. The van der Waals surface area contributed by atoms with E-state index in [2.05, 4.69) is 4.98 Å². The molecule has 0 fully saturated rings. The van der Waals surface area contributed by atoms with E-state index in [1.165, 1.54) is 0 Å². The van der Waals surface area contributed by atoms with Crippen LogP contribution in [0.4, 0.5) is 0 Å². The number of hydrogen-bond donors (Lipinski definition) is 1. The number of fused-ring (bicyclic) bond motifs is 3. The van der Waals surface area contributed by atoms with Gasteiger partial charge in [-0.3, -0.25) is 0 Å². The molecule has 0 unspecified atom stereocenters. The third kappa shape index (κ3) is 2.32. The number of benzene rings is 1. The highest BCUT2D eigenvalue weighted by Gasteiger charge is 2.38. The number of ether oxygens (including phenoxy) is 1. The summed E-state index contributed by atoms with van der Waals surface area (Å²) in [5.41, 5.74) is 2.63. The first kappa shape index (κ1) is 15.7. The van der Waals surface area contributed by atoms with Crippen molar-refractivity contribution in [3.8, 4) is 5.75 Å². The van der Waals surface area contributed by atoms with E-state index in [0.717, 1.165) is 10.9 Å². The fourth-order valence-electron chi connectivity index (χ4n) is 3.36. The minimum atomic E-state index is -1.09. The van der Waals surface area contributed by atoms with Crippen LogP contribution in [0.25, 0.3) is 10.9 Å². The molecule has 1 aliphatic heterocycles. The molecule has 3 rings (SSSR count). The number of hydrogen-bond acceptors (Lipinski definition) is 2. The van der Waals surface area contributed by atoms with Crippen LogP contribution in [0.2, 0.25) is 0 Å². The van der Waals surface area contributed by atoms with Crippen LogP contribution in [-0.2, 0) is 10.4 Å².